The molecule has 0 bridgehead atoms. The first kappa shape index (κ1) is 16.5. The molecule has 1 aliphatic rings. The average molecular weight is 328 g/mol. The summed E-state index contributed by atoms with van der Waals surface area (Å²) in [7, 11) is 0. The van der Waals surface area contributed by atoms with Gasteiger partial charge in [-0.2, -0.15) is 0 Å². The van der Waals surface area contributed by atoms with Crippen LogP contribution in [0.3, 0.4) is 0 Å². The first-order valence-corrected chi connectivity index (χ1v) is 8.13. The lowest BCUT2D eigenvalue weighted by Crippen LogP contribution is -2.27. The molecular formula is C19H21FN2O2. The molecule has 1 amide bonds. The van der Waals surface area contributed by atoms with Crippen molar-refractivity contribution < 1.29 is 13.9 Å². The first-order chi connectivity index (χ1) is 11.6. The smallest absolute Gasteiger partial charge is 0.251 e. The van der Waals surface area contributed by atoms with Crippen LogP contribution in [0.25, 0.3) is 0 Å². The number of amides is 1. The number of rotatable bonds is 5. The van der Waals surface area contributed by atoms with Crippen molar-refractivity contribution >= 4 is 11.6 Å². The molecule has 0 unspecified atom stereocenters. The number of hydrogen-bond acceptors (Lipinski definition) is 3. The van der Waals surface area contributed by atoms with E-state index in [9.17, 15) is 9.18 Å². The van der Waals surface area contributed by atoms with E-state index in [0.717, 1.165) is 18.7 Å². The molecular weight excluding hydrogens is 307 g/mol. The zero-order valence-electron chi connectivity index (χ0n) is 13.6. The highest BCUT2D eigenvalue weighted by atomic mass is 19.1. The Bertz CT molecular complexity index is 720. The van der Waals surface area contributed by atoms with Gasteiger partial charge in [-0.3, -0.25) is 4.79 Å². The van der Waals surface area contributed by atoms with Gasteiger partial charge in [0.2, 0.25) is 0 Å². The van der Waals surface area contributed by atoms with Gasteiger partial charge >= 0.3 is 0 Å². The first-order valence-electron chi connectivity index (χ1n) is 8.13. The third-order valence-electron chi connectivity index (χ3n) is 4.25. The predicted octanol–water partition coefficient (Wildman–Crippen LogP) is 3.35. The van der Waals surface area contributed by atoms with Gasteiger partial charge in [-0.15, -0.1) is 0 Å². The molecule has 1 fully saturated rings. The topological polar surface area (TPSA) is 50.4 Å². The van der Waals surface area contributed by atoms with Crippen LogP contribution in [0.15, 0.2) is 48.5 Å². The summed E-state index contributed by atoms with van der Waals surface area (Å²) in [5, 5.41) is 6.16. The molecule has 5 heteroatoms. The highest BCUT2D eigenvalue weighted by molar-refractivity contribution is 5.95. The Morgan fingerprint density at radius 2 is 2.08 bits per heavy atom. The number of hydrogen-bond donors (Lipinski definition) is 2. The molecule has 1 saturated heterocycles. The van der Waals surface area contributed by atoms with Crippen molar-refractivity contribution in [1.82, 2.24) is 5.32 Å². The molecule has 0 radical (unpaired) electrons. The van der Waals surface area contributed by atoms with Gasteiger partial charge in [-0.25, -0.2) is 4.39 Å². The zero-order chi connectivity index (χ0) is 16.9. The monoisotopic (exact) mass is 328 g/mol. The van der Waals surface area contributed by atoms with Gasteiger partial charge in [0.25, 0.3) is 5.91 Å². The van der Waals surface area contributed by atoms with Gasteiger partial charge in [0.15, 0.2) is 0 Å². The normalized spacial score (nSPS) is 19.9. The summed E-state index contributed by atoms with van der Waals surface area (Å²) in [5.41, 5.74) is 1.90. The van der Waals surface area contributed by atoms with Gasteiger partial charge in [0.05, 0.1) is 12.1 Å². The van der Waals surface area contributed by atoms with Crippen molar-refractivity contribution in [3.05, 3.63) is 65.5 Å². The Morgan fingerprint density at radius 1 is 1.25 bits per heavy atom. The van der Waals surface area contributed by atoms with Crippen molar-refractivity contribution in [3.8, 4) is 0 Å². The van der Waals surface area contributed by atoms with Crippen molar-refractivity contribution in [2.24, 2.45) is 0 Å². The fourth-order valence-corrected chi connectivity index (χ4v) is 2.80. The zero-order valence-corrected chi connectivity index (χ0v) is 13.6. The van der Waals surface area contributed by atoms with Crippen molar-refractivity contribution in [3.63, 3.8) is 0 Å². The molecule has 2 N–H and O–H groups in total. The lowest BCUT2D eigenvalue weighted by atomic mass is 10.1. The molecule has 0 saturated carbocycles. The standard InChI is InChI=1S/C19H21FN2O2/c1-13-18(9-10-24-13)22-16-7-4-6-14(11-16)19(23)21-12-15-5-2-3-8-17(15)20/h2-8,11,13,18,22H,9-10,12H2,1H3,(H,21,23)/t13-,18-/m0/s1. The second-order valence-corrected chi connectivity index (χ2v) is 5.97. The van der Waals surface area contributed by atoms with E-state index in [1.165, 1.54) is 6.07 Å². The second kappa shape index (κ2) is 7.45. The van der Waals surface area contributed by atoms with Gasteiger partial charge < -0.3 is 15.4 Å². The van der Waals surface area contributed by atoms with Crippen molar-refractivity contribution in [1.29, 1.82) is 0 Å². The van der Waals surface area contributed by atoms with E-state index < -0.39 is 0 Å². The van der Waals surface area contributed by atoms with Crippen LogP contribution in [0, 0.1) is 5.82 Å². The number of nitrogens with one attached hydrogen (secondary N) is 2. The molecule has 3 rings (SSSR count). The molecule has 126 valence electrons. The molecule has 0 aliphatic carbocycles. The fourth-order valence-electron chi connectivity index (χ4n) is 2.80. The molecule has 0 aromatic heterocycles. The third-order valence-corrected chi connectivity index (χ3v) is 4.25. The Labute approximate surface area is 141 Å². The Balaban J connectivity index is 1.62. The van der Waals surface area contributed by atoms with E-state index in [4.69, 9.17) is 4.74 Å². The van der Waals surface area contributed by atoms with Crippen LogP contribution in [-0.4, -0.2) is 24.7 Å². The van der Waals surface area contributed by atoms with Crippen LogP contribution in [0.1, 0.15) is 29.3 Å². The minimum atomic E-state index is -0.316. The lowest BCUT2D eigenvalue weighted by molar-refractivity contribution is 0.0950. The van der Waals surface area contributed by atoms with Crippen LogP contribution in [0.2, 0.25) is 0 Å². The summed E-state index contributed by atoms with van der Waals surface area (Å²) in [5.74, 6) is -0.541. The van der Waals surface area contributed by atoms with Crippen molar-refractivity contribution in [2.75, 3.05) is 11.9 Å². The Kier molecular flexibility index (Phi) is 5.11. The molecule has 1 aliphatic heterocycles. The summed E-state index contributed by atoms with van der Waals surface area (Å²) in [6.07, 6.45) is 1.11. The van der Waals surface area contributed by atoms with Crippen LogP contribution in [0.4, 0.5) is 10.1 Å². The van der Waals surface area contributed by atoms with Crippen LogP contribution < -0.4 is 10.6 Å². The van der Waals surface area contributed by atoms with E-state index in [0.29, 0.717) is 11.1 Å². The Morgan fingerprint density at radius 3 is 2.83 bits per heavy atom. The van der Waals surface area contributed by atoms with Crippen LogP contribution in [-0.2, 0) is 11.3 Å². The maximum Gasteiger partial charge on any atom is 0.251 e. The fraction of sp³-hybridized carbons (Fsp3) is 0.316. The molecule has 2 aromatic rings. The van der Waals surface area contributed by atoms with Gasteiger partial charge in [0, 0.05) is 30.0 Å². The average Bonchev–Trinajstić information content (AvgIpc) is 2.99. The molecule has 0 spiro atoms. The highest BCUT2D eigenvalue weighted by Crippen LogP contribution is 2.19. The second-order valence-electron chi connectivity index (χ2n) is 5.97. The molecule has 2 aromatic carbocycles. The number of benzene rings is 2. The van der Waals surface area contributed by atoms with Gasteiger partial charge in [-0.1, -0.05) is 24.3 Å². The molecule has 2 atom stereocenters. The number of ether oxygens (including phenoxy) is 1. The number of carbonyl (C=O) groups excluding carboxylic acids is 1. The number of carbonyl (C=O) groups is 1. The minimum Gasteiger partial charge on any atom is -0.380 e. The summed E-state index contributed by atoms with van der Waals surface area (Å²) in [4.78, 5) is 12.3. The summed E-state index contributed by atoms with van der Waals surface area (Å²) < 4.78 is 19.1. The minimum absolute atomic E-state index is 0.156. The molecule has 1 heterocycles. The highest BCUT2D eigenvalue weighted by Gasteiger charge is 2.23. The summed E-state index contributed by atoms with van der Waals surface area (Å²) in [6.45, 7) is 2.95. The molecule has 4 nitrogen and oxygen atoms in total. The molecule has 24 heavy (non-hydrogen) atoms. The summed E-state index contributed by atoms with van der Waals surface area (Å²) >= 11 is 0. The van der Waals surface area contributed by atoms with E-state index in [1.807, 2.05) is 25.1 Å². The maximum absolute atomic E-state index is 13.6. The SMILES string of the molecule is C[C@@H]1OCC[C@@H]1Nc1cccc(C(=O)NCc2ccccc2F)c1. The van der Waals surface area contributed by atoms with E-state index in [-0.39, 0.29) is 30.4 Å². The van der Waals surface area contributed by atoms with Crippen molar-refractivity contribution in [2.45, 2.75) is 32.0 Å². The van der Waals surface area contributed by atoms with E-state index >= 15 is 0 Å². The van der Waals surface area contributed by atoms with Crippen LogP contribution >= 0.6 is 0 Å². The van der Waals surface area contributed by atoms with Crippen LogP contribution in [0.5, 0.6) is 0 Å². The third kappa shape index (κ3) is 3.92. The van der Waals surface area contributed by atoms with Gasteiger partial charge in [0.1, 0.15) is 5.82 Å². The van der Waals surface area contributed by atoms with E-state index in [2.05, 4.69) is 10.6 Å². The largest absolute Gasteiger partial charge is 0.380 e. The Hall–Kier alpha value is -2.40. The van der Waals surface area contributed by atoms with E-state index in [1.54, 1.807) is 24.3 Å². The summed E-state index contributed by atoms with van der Waals surface area (Å²) in [6, 6.07) is 14.0. The predicted molar refractivity (Wildman–Crippen MR) is 91.5 cm³/mol. The maximum atomic E-state index is 13.6. The van der Waals surface area contributed by atoms with Gasteiger partial charge in [-0.05, 0) is 37.6 Å². The number of anilines is 1. The number of halogens is 1. The lowest BCUT2D eigenvalue weighted by Gasteiger charge is -2.17. The quantitative estimate of drug-likeness (QED) is 0.885.